The average Bonchev–Trinajstić information content (AvgIpc) is 2.37. The molecule has 1 atom stereocenters. The number of piperazine rings is 1. The second kappa shape index (κ2) is 6.58. The maximum absolute atomic E-state index is 3.45. The largest absolute Gasteiger partial charge is 0.312 e. The van der Waals surface area contributed by atoms with Gasteiger partial charge in [0, 0.05) is 32.1 Å². The molecule has 1 fully saturated rings. The van der Waals surface area contributed by atoms with E-state index in [-0.39, 0.29) is 0 Å². The van der Waals surface area contributed by atoms with Crippen molar-refractivity contribution in [3.8, 4) is 11.8 Å². The molecule has 1 aliphatic rings. The molecule has 1 unspecified atom stereocenters. The van der Waals surface area contributed by atoms with Gasteiger partial charge in [-0.25, -0.2) is 0 Å². The van der Waals surface area contributed by atoms with Crippen molar-refractivity contribution in [2.45, 2.75) is 26.3 Å². The zero-order valence-electron chi connectivity index (χ0n) is 11.4. The van der Waals surface area contributed by atoms with Crippen molar-refractivity contribution in [3.63, 3.8) is 0 Å². The molecular formula is C16H22N2. The average molecular weight is 242 g/mol. The van der Waals surface area contributed by atoms with E-state index in [4.69, 9.17) is 0 Å². The van der Waals surface area contributed by atoms with E-state index in [0.717, 1.165) is 32.6 Å². The molecule has 0 bridgehead atoms. The van der Waals surface area contributed by atoms with E-state index in [1.807, 2.05) is 0 Å². The Hall–Kier alpha value is -1.30. The Balaban J connectivity index is 1.81. The van der Waals surface area contributed by atoms with Gasteiger partial charge >= 0.3 is 0 Å². The van der Waals surface area contributed by atoms with Crippen LogP contribution in [-0.2, 0) is 6.42 Å². The van der Waals surface area contributed by atoms with Crippen molar-refractivity contribution in [1.82, 2.24) is 10.2 Å². The fourth-order valence-electron chi connectivity index (χ4n) is 2.29. The summed E-state index contributed by atoms with van der Waals surface area (Å²) in [6.07, 6.45) is 0.869. The first kappa shape index (κ1) is 13.1. The summed E-state index contributed by atoms with van der Waals surface area (Å²) in [5.74, 6) is 6.59. The fourth-order valence-corrected chi connectivity index (χ4v) is 2.29. The van der Waals surface area contributed by atoms with Crippen LogP contribution in [0.25, 0.3) is 0 Å². The quantitative estimate of drug-likeness (QED) is 0.796. The SMILES string of the molecule is Cc1ccccc1CC#CCN1CCNC(C)C1. The molecule has 0 aliphatic carbocycles. The van der Waals surface area contributed by atoms with Crippen molar-refractivity contribution in [1.29, 1.82) is 0 Å². The van der Waals surface area contributed by atoms with Gasteiger partial charge in [-0.1, -0.05) is 36.1 Å². The number of hydrogen-bond acceptors (Lipinski definition) is 2. The molecule has 96 valence electrons. The molecule has 1 N–H and O–H groups in total. The number of nitrogens with zero attached hydrogens (tertiary/aromatic N) is 1. The summed E-state index contributed by atoms with van der Waals surface area (Å²) in [4.78, 5) is 2.42. The highest BCUT2D eigenvalue weighted by Crippen LogP contribution is 2.06. The van der Waals surface area contributed by atoms with Gasteiger partial charge in [-0.3, -0.25) is 4.90 Å². The molecule has 2 heteroatoms. The van der Waals surface area contributed by atoms with E-state index in [2.05, 4.69) is 60.2 Å². The number of rotatable bonds is 2. The third-order valence-corrected chi connectivity index (χ3v) is 3.42. The van der Waals surface area contributed by atoms with Gasteiger partial charge in [0.1, 0.15) is 0 Å². The lowest BCUT2D eigenvalue weighted by Crippen LogP contribution is -2.49. The van der Waals surface area contributed by atoms with Crippen LogP contribution in [0.1, 0.15) is 18.1 Å². The number of benzene rings is 1. The summed E-state index contributed by atoms with van der Waals surface area (Å²) >= 11 is 0. The van der Waals surface area contributed by atoms with E-state index < -0.39 is 0 Å². The minimum atomic E-state index is 0.594. The molecule has 1 aromatic carbocycles. The van der Waals surface area contributed by atoms with E-state index in [1.165, 1.54) is 11.1 Å². The van der Waals surface area contributed by atoms with Gasteiger partial charge in [-0.2, -0.15) is 0 Å². The molecule has 0 amide bonds. The molecule has 0 saturated carbocycles. The lowest BCUT2D eigenvalue weighted by molar-refractivity contribution is 0.229. The third kappa shape index (κ3) is 3.87. The van der Waals surface area contributed by atoms with Gasteiger partial charge in [-0.15, -0.1) is 0 Å². The van der Waals surface area contributed by atoms with Gasteiger partial charge in [0.05, 0.1) is 6.54 Å². The highest BCUT2D eigenvalue weighted by molar-refractivity contribution is 5.29. The van der Waals surface area contributed by atoms with Crippen LogP contribution in [-0.4, -0.2) is 37.1 Å². The van der Waals surface area contributed by atoms with Crippen LogP contribution in [0, 0.1) is 18.8 Å². The fraction of sp³-hybridized carbons (Fsp3) is 0.500. The van der Waals surface area contributed by atoms with Gasteiger partial charge in [0.2, 0.25) is 0 Å². The van der Waals surface area contributed by atoms with Gasteiger partial charge < -0.3 is 5.32 Å². The summed E-state index contributed by atoms with van der Waals surface area (Å²) in [6, 6.07) is 9.07. The third-order valence-electron chi connectivity index (χ3n) is 3.42. The van der Waals surface area contributed by atoms with Gasteiger partial charge in [0.15, 0.2) is 0 Å². The van der Waals surface area contributed by atoms with Crippen molar-refractivity contribution >= 4 is 0 Å². The smallest absolute Gasteiger partial charge is 0.0602 e. The number of aryl methyl sites for hydroxylation is 1. The lowest BCUT2D eigenvalue weighted by atomic mass is 10.1. The summed E-state index contributed by atoms with van der Waals surface area (Å²) in [6.45, 7) is 8.59. The Morgan fingerprint density at radius 3 is 2.94 bits per heavy atom. The maximum atomic E-state index is 3.45. The van der Waals surface area contributed by atoms with E-state index in [1.54, 1.807) is 0 Å². The van der Waals surface area contributed by atoms with Crippen molar-refractivity contribution in [2.75, 3.05) is 26.2 Å². The molecule has 1 saturated heterocycles. The van der Waals surface area contributed by atoms with Crippen LogP contribution < -0.4 is 5.32 Å². The van der Waals surface area contributed by atoms with Crippen molar-refractivity contribution in [2.24, 2.45) is 0 Å². The Labute approximate surface area is 110 Å². The van der Waals surface area contributed by atoms with E-state index >= 15 is 0 Å². The minimum absolute atomic E-state index is 0.594. The number of nitrogens with one attached hydrogen (secondary N) is 1. The van der Waals surface area contributed by atoms with Crippen LogP contribution >= 0.6 is 0 Å². The predicted molar refractivity (Wildman–Crippen MR) is 76.6 cm³/mol. The monoisotopic (exact) mass is 242 g/mol. The first-order chi connectivity index (χ1) is 8.75. The van der Waals surface area contributed by atoms with E-state index in [9.17, 15) is 0 Å². The van der Waals surface area contributed by atoms with E-state index in [0.29, 0.717) is 6.04 Å². The zero-order chi connectivity index (χ0) is 12.8. The normalized spacial score (nSPS) is 20.2. The minimum Gasteiger partial charge on any atom is -0.312 e. The molecule has 1 heterocycles. The van der Waals surface area contributed by atoms with Crippen molar-refractivity contribution < 1.29 is 0 Å². The molecule has 2 nitrogen and oxygen atoms in total. The van der Waals surface area contributed by atoms with Crippen molar-refractivity contribution in [3.05, 3.63) is 35.4 Å². The number of hydrogen-bond donors (Lipinski definition) is 1. The Morgan fingerprint density at radius 2 is 2.17 bits per heavy atom. The van der Waals surface area contributed by atoms with Gasteiger partial charge in [-0.05, 0) is 25.0 Å². The molecule has 0 aromatic heterocycles. The predicted octanol–water partition coefficient (Wildman–Crippen LogP) is 1.83. The highest BCUT2D eigenvalue weighted by atomic mass is 15.2. The Bertz CT molecular complexity index is 442. The standard InChI is InChI=1S/C16H22N2/c1-14-7-3-4-8-16(14)9-5-6-11-18-12-10-17-15(2)13-18/h3-4,7-8,15,17H,9-13H2,1-2H3. The molecule has 2 rings (SSSR count). The Kier molecular flexibility index (Phi) is 4.81. The topological polar surface area (TPSA) is 15.3 Å². The molecule has 1 aliphatic heterocycles. The summed E-state index contributed by atoms with van der Waals surface area (Å²) in [5.41, 5.74) is 2.68. The van der Waals surface area contributed by atoms with Gasteiger partial charge in [0.25, 0.3) is 0 Å². The van der Waals surface area contributed by atoms with Crippen LogP contribution in [0.4, 0.5) is 0 Å². The molecule has 18 heavy (non-hydrogen) atoms. The highest BCUT2D eigenvalue weighted by Gasteiger charge is 2.13. The first-order valence-electron chi connectivity index (χ1n) is 6.71. The molecule has 1 aromatic rings. The molecular weight excluding hydrogens is 220 g/mol. The van der Waals surface area contributed by atoms with Crippen LogP contribution in [0.3, 0.4) is 0 Å². The van der Waals surface area contributed by atoms with Crippen LogP contribution in [0.15, 0.2) is 24.3 Å². The second-order valence-electron chi connectivity index (χ2n) is 5.05. The van der Waals surface area contributed by atoms with Crippen LogP contribution in [0.2, 0.25) is 0 Å². The molecule has 0 spiro atoms. The molecule has 0 radical (unpaired) electrons. The maximum Gasteiger partial charge on any atom is 0.0602 e. The second-order valence-corrected chi connectivity index (χ2v) is 5.05. The summed E-state index contributed by atoms with van der Waals surface area (Å²) in [7, 11) is 0. The summed E-state index contributed by atoms with van der Waals surface area (Å²) < 4.78 is 0. The summed E-state index contributed by atoms with van der Waals surface area (Å²) in [5, 5.41) is 3.45. The first-order valence-corrected chi connectivity index (χ1v) is 6.71. The lowest BCUT2D eigenvalue weighted by Gasteiger charge is -2.30. The Morgan fingerprint density at radius 1 is 1.33 bits per heavy atom. The van der Waals surface area contributed by atoms with Crippen LogP contribution in [0.5, 0.6) is 0 Å². The zero-order valence-corrected chi connectivity index (χ0v) is 11.4.